The molecule has 0 aromatic carbocycles. The van der Waals surface area contributed by atoms with E-state index >= 15 is 0 Å². The molecule has 2 nitrogen and oxygen atoms in total. The number of rotatable bonds is 1. The largest absolute Gasteiger partial charge is 0.320 e. The van der Waals surface area contributed by atoms with Crippen LogP contribution >= 0.6 is 0 Å². The molecule has 64 valence electrons. The van der Waals surface area contributed by atoms with Gasteiger partial charge in [0, 0.05) is 0 Å². The third-order valence-corrected chi connectivity index (χ3v) is 2.57. The first-order valence-corrected chi connectivity index (χ1v) is 4.04. The fraction of sp³-hybridized carbons (Fsp3) is 0.444. The van der Waals surface area contributed by atoms with Crippen LogP contribution in [0.1, 0.15) is 19.0 Å². The molecular formula is C9H11FN2. The molecule has 1 saturated carbocycles. The predicted molar refractivity (Wildman–Crippen MR) is 43.8 cm³/mol. The van der Waals surface area contributed by atoms with Crippen LogP contribution in [0.5, 0.6) is 0 Å². The number of aromatic nitrogens is 1. The number of hydrogen-bond donors (Lipinski definition) is 1. The Bertz CT molecular complexity index is 296. The molecule has 12 heavy (non-hydrogen) atoms. The molecule has 2 unspecified atom stereocenters. The van der Waals surface area contributed by atoms with Crippen LogP contribution in [0.2, 0.25) is 0 Å². The normalized spacial score (nSPS) is 33.4. The minimum Gasteiger partial charge on any atom is -0.320 e. The molecule has 2 rings (SSSR count). The molecule has 2 N–H and O–H groups in total. The zero-order valence-electron chi connectivity index (χ0n) is 6.92. The molecule has 0 saturated heterocycles. The lowest BCUT2D eigenvalue weighted by molar-refractivity contribution is 0.601. The maximum Gasteiger partial charge on any atom is 0.141 e. The van der Waals surface area contributed by atoms with Gasteiger partial charge in [-0.2, -0.15) is 0 Å². The van der Waals surface area contributed by atoms with E-state index in [0.29, 0.717) is 5.92 Å². The second-order valence-corrected chi connectivity index (χ2v) is 3.51. The molecule has 1 aromatic heterocycles. The Morgan fingerprint density at radius 2 is 2.33 bits per heavy atom. The van der Waals surface area contributed by atoms with Crippen LogP contribution in [0.15, 0.2) is 18.3 Å². The molecule has 0 aliphatic heterocycles. The molecule has 3 heteroatoms. The molecule has 1 aromatic rings. The van der Waals surface area contributed by atoms with Gasteiger partial charge >= 0.3 is 0 Å². The van der Waals surface area contributed by atoms with Crippen molar-refractivity contribution in [3.8, 4) is 0 Å². The fourth-order valence-electron chi connectivity index (χ4n) is 1.46. The molecule has 1 aliphatic carbocycles. The van der Waals surface area contributed by atoms with Gasteiger partial charge in [-0.25, -0.2) is 4.39 Å². The Hall–Kier alpha value is -0.960. The molecule has 1 aliphatic rings. The highest BCUT2D eigenvalue weighted by Crippen LogP contribution is 2.48. The molecule has 1 fully saturated rings. The van der Waals surface area contributed by atoms with Gasteiger partial charge in [-0.3, -0.25) is 4.98 Å². The first kappa shape index (κ1) is 7.68. The van der Waals surface area contributed by atoms with Crippen LogP contribution in [0.4, 0.5) is 4.39 Å². The van der Waals surface area contributed by atoms with Crippen molar-refractivity contribution in [2.24, 2.45) is 11.7 Å². The molecule has 1 heterocycles. The summed E-state index contributed by atoms with van der Waals surface area (Å²) in [6.45, 7) is 2.07. The summed E-state index contributed by atoms with van der Waals surface area (Å²) in [6, 6.07) is 3.07. The maximum absolute atomic E-state index is 12.5. The van der Waals surface area contributed by atoms with Crippen molar-refractivity contribution in [1.29, 1.82) is 0 Å². The smallest absolute Gasteiger partial charge is 0.141 e. The van der Waals surface area contributed by atoms with Gasteiger partial charge in [-0.1, -0.05) is 6.92 Å². The molecule has 2 atom stereocenters. The Labute approximate surface area is 70.6 Å². The summed E-state index contributed by atoms with van der Waals surface area (Å²) in [5, 5.41) is 0. The SMILES string of the molecule is CC1CC1(N)c1ccc(F)cn1. The zero-order valence-corrected chi connectivity index (χ0v) is 6.92. The van der Waals surface area contributed by atoms with Crippen molar-refractivity contribution >= 4 is 0 Å². The van der Waals surface area contributed by atoms with Crippen molar-refractivity contribution in [3.05, 3.63) is 29.8 Å². The second-order valence-electron chi connectivity index (χ2n) is 3.51. The van der Waals surface area contributed by atoms with Crippen molar-refractivity contribution in [1.82, 2.24) is 4.98 Å². The van der Waals surface area contributed by atoms with Gasteiger partial charge in [-0.05, 0) is 24.5 Å². The van der Waals surface area contributed by atoms with Crippen LogP contribution < -0.4 is 5.73 Å². The lowest BCUT2D eigenvalue weighted by Gasteiger charge is -2.08. The maximum atomic E-state index is 12.5. The van der Waals surface area contributed by atoms with E-state index < -0.39 is 0 Å². The molecular weight excluding hydrogens is 155 g/mol. The van der Waals surface area contributed by atoms with E-state index in [-0.39, 0.29) is 11.4 Å². The molecule has 0 radical (unpaired) electrons. The summed E-state index contributed by atoms with van der Waals surface area (Å²) in [5.41, 5.74) is 6.49. The number of hydrogen-bond acceptors (Lipinski definition) is 2. The number of nitrogens with two attached hydrogens (primary N) is 1. The predicted octanol–water partition coefficient (Wildman–Crippen LogP) is 1.41. The second kappa shape index (κ2) is 2.26. The lowest BCUT2D eigenvalue weighted by atomic mass is 10.1. The van der Waals surface area contributed by atoms with Crippen LogP contribution in [0.25, 0.3) is 0 Å². The van der Waals surface area contributed by atoms with E-state index in [4.69, 9.17) is 5.73 Å². The average Bonchev–Trinajstić information content (AvgIpc) is 2.62. The lowest BCUT2D eigenvalue weighted by Crippen LogP contribution is -2.22. The molecule has 0 spiro atoms. The minimum absolute atomic E-state index is 0.284. The van der Waals surface area contributed by atoms with Gasteiger partial charge in [0.05, 0.1) is 17.4 Å². The summed E-state index contributed by atoms with van der Waals surface area (Å²) in [4.78, 5) is 3.96. The Balaban J connectivity index is 2.31. The fourth-order valence-corrected chi connectivity index (χ4v) is 1.46. The van der Waals surface area contributed by atoms with E-state index in [1.54, 1.807) is 6.07 Å². The highest BCUT2D eigenvalue weighted by atomic mass is 19.1. The first-order valence-electron chi connectivity index (χ1n) is 4.04. The highest BCUT2D eigenvalue weighted by Gasteiger charge is 2.50. The van der Waals surface area contributed by atoms with Crippen molar-refractivity contribution in [2.45, 2.75) is 18.9 Å². The van der Waals surface area contributed by atoms with Gasteiger partial charge < -0.3 is 5.73 Å². The van der Waals surface area contributed by atoms with Gasteiger partial charge in [0.25, 0.3) is 0 Å². The third-order valence-electron chi connectivity index (χ3n) is 2.57. The standard InChI is InChI=1S/C9H11FN2/c1-6-4-9(6,11)8-3-2-7(10)5-12-8/h2-3,5-6H,4,11H2,1H3. The van der Waals surface area contributed by atoms with Crippen molar-refractivity contribution in [3.63, 3.8) is 0 Å². The number of halogens is 1. The van der Waals surface area contributed by atoms with Crippen LogP contribution in [-0.2, 0) is 5.54 Å². The molecule has 0 bridgehead atoms. The zero-order chi connectivity index (χ0) is 8.77. The van der Waals surface area contributed by atoms with Gasteiger partial charge in [-0.15, -0.1) is 0 Å². The summed E-state index contributed by atoms with van der Waals surface area (Å²) in [6.07, 6.45) is 2.17. The summed E-state index contributed by atoms with van der Waals surface area (Å²) >= 11 is 0. The van der Waals surface area contributed by atoms with Crippen molar-refractivity contribution in [2.75, 3.05) is 0 Å². The third kappa shape index (κ3) is 1.01. The topological polar surface area (TPSA) is 38.9 Å². The van der Waals surface area contributed by atoms with Gasteiger partial charge in [0.1, 0.15) is 5.82 Å². The number of pyridine rings is 1. The van der Waals surface area contributed by atoms with Crippen molar-refractivity contribution < 1.29 is 4.39 Å². The summed E-state index contributed by atoms with van der Waals surface area (Å²) in [5.74, 6) is 0.158. The first-order chi connectivity index (χ1) is 5.63. The van der Waals surface area contributed by atoms with Gasteiger partial charge in [0.15, 0.2) is 0 Å². The molecule has 0 amide bonds. The van der Waals surface area contributed by atoms with E-state index in [0.717, 1.165) is 12.1 Å². The van der Waals surface area contributed by atoms with Gasteiger partial charge in [0.2, 0.25) is 0 Å². The van der Waals surface area contributed by atoms with E-state index in [1.165, 1.54) is 12.3 Å². The van der Waals surface area contributed by atoms with Crippen LogP contribution in [0, 0.1) is 11.7 Å². The summed E-state index contributed by atoms with van der Waals surface area (Å²) < 4.78 is 12.5. The van der Waals surface area contributed by atoms with Crippen LogP contribution in [-0.4, -0.2) is 4.98 Å². The Kier molecular flexibility index (Phi) is 1.45. The Morgan fingerprint density at radius 3 is 2.75 bits per heavy atom. The van der Waals surface area contributed by atoms with E-state index in [9.17, 15) is 4.39 Å². The van der Waals surface area contributed by atoms with E-state index in [2.05, 4.69) is 11.9 Å². The Morgan fingerprint density at radius 1 is 1.67 bits per heavy atom. The minimum atomic E-state index is -0.310. The monoisotopic (exact) mass is 166 g/mol. The highest BCUT2D eigenvalue weighted by molar-refractivity contribution is 5.24. The number of nitrogens with zero attached hydrogens (tertiary/aromatic N) is 1. The summed E-state index contributed by atoms with van der Waals surface area (Å²) in [7, 11) is 0. The van der Waals surface area contributed by atoms with E-state index in [1.807, 2.05) is 0 Å². The average molecular weight is 166 g/mol. The quantitative estimate of drug-likeness (QED) is 0.685. The van der Waals surface area contributed by atoms with Crippen LogP contribution in [0.3, 0.4) is 0 Å².